The van der Waals surface area contributed by atoms with E-state index in [0.717, 1.165) is 44.8 Å². The number of hydrogen-bond acceptors (Lipinski definition) is 4. The van der Waals surface area contributed by atoms with Crippen LogP contribution < -0.4 is 4.90 Å². The van der Waals surface area contributed by atoms with E-state index in [1.54, 1.807) is 19.1 Å². The molecule has 6 heteroatoms. The zero-order valence-corrected chi connectivity index (χ0v) is 14.0. The second-order valence-electron chi connectivity index (χ2n) is 5.24. The van der Waals surface area contributed by atoms with Gasteiger partial charge in [0.15, 0.2) is 9.84 Å². The zero-order chi connectivity index (χ0) is 15.3. The average molecular weight is 331 g/mol. The van der Waals surface area contributed by atoms with Crippen LogP contribution in [0.4, 0.5) is 5.69 Å². The van der Waals surface area contributed by atoms with Crippen LogP contribution in [0.15, 0.2) is 29.2 Å². The fourth-order valence-electron chi connectivity index (χ4n) is 2.69. The Morgan fingerprint density at radius 3 is 2.62 bits per heavy atom. The van der Waals surface area contributed by atoms with Crippen molar-refractivity contribution in [2.45, 2.75) is 18.2 Å². The lowest BCUT2D eigenvalue weighted by atomic mass is 10.2. The lowest BCUT2D eigenvalue weighted by Crippen LogP contribution is -2.32. The first-order valence-corrected chi connectivity index (χ1v) is 9.62. The molecule has 0 aliphatic carbocycles. The summed E-state index contributed by atoms with van der Waals surface area (Å²) in [5, 5.41) is 0. The molecule has 1 aromatic rings. The monoisotopic (exact) mass is 330 g/mol. The number of alkyl halides is 1. The smallest absolute Gasteiger partial charge is 0.180 e. The molecule has 118 valence electrons. The van der Waals surface area contributed by atoms with Crippen LogP contribution in [0.1, 0.15) is 13.3 Å². The van der Waals surface area contributed by atoms with Crippen molar-refractivity contribution in [1.29, 1.82) is 0 Å². The molecule has 0 radical (unpaired) electrons. The van der Waals surface area contributed by atoms with Crippen LogP contribution in [0.3, 0.4) is 0 Å². The molecule has 4 nitrogen and oxygen atoms in total. The summed E-state index contributed by atoms with van der Waals surface area (Å²) < 4.78 is 24.5. The van der Waals surface area contributed by atoms with E-state index in [-0.39, 0.29) is 5.75 Å². The molecule has 21 heavy (non-hydrogen) atoms. The second-order valence-corrected chi connectivity index (χ2v) is 7.87. The molecule has 2 rings (SSSR count). The minimum atomic E-state index is -3.19. The number of halogens is 1. The van der Waals surface area contributed by atoms with E-state index in [9.17, 15) is 8.42 Å². The Bertz CT molecular complexity index is 563. The lowest BCUT2D eigenvalue weighted by molar-refractivity contribution is 0.311. The molecule has 0 bridgehead atoms. The Morgan fingerprint density at radius 2 is 1.90 bits per heavy atom. The summed E-state index contributed by atoms with van der Waals surface area (Å²) >= 11 is 5.81. The lowest BCUT2D eigenvalue weighted by Gasteiger charge is -2.25. The zero-order valence-electron chi connectivity index (χ0n) is 12.5. The maximum absolute atomic E-state index is 12.3. The minimum Gasteiger partial charge on any atom is -0.369 e. The van der Waals surface area contributed by atoms with Crippen LogP contribution in [-0.2, 0) is 9.84 Å². The maximum atomic E-state index is 12.3. The summed E-state index contributed by atoms with van der Waals surface area (Å²) in [6.07, 6.45) is 1.03. The van der Waals surface area contributed by atoms with Gasteiger partial charge in [0.05, 0.1) is 16.3 Å². The molecular weight excluding hydrogens is 308 g/mol. The van der Waals surface area contributed by atoms with E-state index in [0.29, 0.717) is 10.8 Å². The molecule has 1 aliphatic heterocycles. The molecule has 1 fully saturated rings. The van der Waals surface area contributed by atoms with Crippen molar-refractivity contribution in [2.75, 3.05) is 49.3 Å². The van der Waals surface area contributed by atoms with Crippen molar-refractivity contribution in [3.8, 4) is 0 Å². The highest BCUT2D eigenvalue weighted by atomic mass is 35.5. The summed E-state index contributed by atoms with van der Waals surface area (Å²) in [6.45, 7) is 6.25. The second kappa shape index (κ2) is 7.47. The molecule has 0 unspecified atom stereocenters. The summed E-state index contributed by atoms with van der Waals surface area (Å²) in [7, 11) is -3.19. The number of sulfone groups is 1. The van der Waals surface area contributed by atoms with Gasteiger partial charge in [-0.3, -0.25) is 0 Å². The predicted molar refractivity (Wildman–Crippen MR) is 88.2 cm³/mol. The molecule has 1 saturated heterocycles. The largest absolute Gasteiger partial charge is 0.369 e. The summed E-state index contributed by atoms with van der Waals surface area (Å²) in [5.74, 6) is 0.775. The minimum absolute atomic E-state index is 0.135. The van der Waals surface area contributed by atoms with Gasteiger partial charge in [0, 0.05) is 32.1 Å². The Labute approximate surface area is 132 Å². The normalized spacial score (nSPS) is 17.7. The highest BCUT2D eigenvalue weighted by molar-refractivity contribution is 7.91. The molecule has 1 aromatic carbocycles. The number of nitrogens with zero attached hydrogens (tertiary/aromatic N) is 2. The van der Waals surface area contributed by atoms with Crippen molar-refractivity contribution in [3.63, 3.8) is 0 Å². The third-order valence-electron chi connectivity index (χ3n) is 3.91. The van der Waals surface area contributed by atoms with Gasteiger partial charge in [0.1, 0.15) is 0 Å². The number of rotatable bonds is 5. The summed E-state index contributed by atoms with van der Waals surface area (Å²) in [5.41, 5.74) is 0.840. The highest BCUT2D eigenvalue weighted by Crippen LogP contribution is 2.26. The van der Waals surface area contributed by atoms with Crippen molar-refractivity contribution < 1.29 is 8.42 Å². The fraction of sp³-hybridized carbons (Fsp3) is 0.600. The van der Waals surface area contributed by atoms with Crippen molar-refractivity contribution in [3.05, 3.63) is 24.3 Å². The topological polar surface area (TPSA) is 40.6 Å². The van der Waals surface area contributed by atoms with Gasteiger partial charge in [-0.1, -0.05) is 19.1 Å². The molecule has 1 aliphatic rings. The standard InChI is InChI=1S/C15H23ClN2O2S/c1-2-21(19,20)15-7-4-3-6-14(15)18-10-5-9-17(11-8-16)12-13-18/h3-4,6-7H,2,5,8-13H2,1H3. The SMILES string of the molecule is CCS(=O)(=O)c1ccccc1N1CCCN(CCCl)CC1. The van der Waals surface area contributed by atoms with Gasteiger partial charge >= 0.3 is 0 Å². The van der Waals surface area contributed by atoms with Crippen LogP contribution in [-0.4, -0.2) is 57.7 Å². The van der Waals surface area contributed by atoms with Crippen LogP contribution >= 0.6 is 11.6 Å². The van der Waals surface area contributed by atoms with E-state index >= 15 is 0 Å². The maximum Gasteiger partial charge on any atom is 0.180 e. The van der Waals surface area contributed by atoms with Gasteiger partial charge < -0.3 is 9.80 Å². The highest BCUT2D eigenvalue weighted by Gasteiger charge is 2.22. The first-order valence-electron chi connectivity index (χ1n) is 7.43. The van der Waals surface area contributed by atoms with E-state index in [1.165, 1.54) is 0 Å². The third-order valence-corrected chi connectivity index (χ3v) is 5.85. The Balaban J connectivity index is 2.23. The number of para-hydroxylation sites is 1. The van der Waals surface area contributed by atoms with E-state index in [4.69, 9.17) is 11.6 Å². The van der Waals surface area contributed by atoms with E-state index in [1.807, 2.05) is 12.1 Å². The van der Waals surface area contributed by atoms with Crippen LogP contribution in [0.5, 0.6) is 0 Å². The first kappa shape index (κ1) is 16.6. The van der Waals surface area contributed by atoms with Crippen molar-refractivity contribution in [2.24, 2.45) is 0 Å². The number of anilines is 1. The van der Waals surface area contributed by atoms with Crippen LogP contribution in [0.2, 0.25) is 0 Å². The van der Waals surface area contributed by atoms with Gasteiger partial charge in [0.25, 0.3) is 0 Å². The third kappa shape index (κ3) is 4.11. The Hall–Kier alpha value is -0.780. The van der Waals surface area contributed by atoms with Crippen molar-refractivity contribution in [1.82, 2.24) is 4.90 Å². The van der Waals surface area contributed by atoms with Crippen molar-refractivity contribution >= 4 is 27.1 Å². The van der Waals surface area contributed by atoms with Gasteiger partial charge in [-0.05, 0) is 25.1 Å². The van der Waals surface area contributed by atoms with E-state index in [2.05, 4.69) is 9.80 Å². The van der Waals surface area contributed by atoms with Gasteiger partial charge in [0.2, 0.25) is 0 Å². The van der Waals surface area contributed by atoms with Crippen LogP contribution in [0.25, 0.3) is 0 Å². The summed E-state index contributed by atoms with van der Waals surface area (Å²) in [6, 6.07) is 7.34. The molecule has 0 saturated carbocycles. The van der Waals surface area contributed by atoms with Gasteiger partial charge in [-0.2, -0.15) is 0 Å². The fourth-order valence-corrected chi connectivity index (χ4v) is 4.04. The molecule has 0 atom stereocenters. The van der Waals surface area contributed by atoms with Gasteiger partial charge in [-0.15, -0.1) is 11.6 Å². The Kier molecular flexibility index (Phi) is 5.90. The van der Waals surface area contributed by atoms with Gasteiger partial charge in [-0.25, -0.2) is 8.42 Å². The first-order chi connectivity index (χ1) is 10.1. The van der Waals surface area contributed by atoms with Crippen LogP contribution in [0, 0.1) is 0 Å². The molecule has 0 aromatic heterocycles. The molecule has 0 spiro atoms. The molecular formula is C15H23ClN2O2S. The summed E-state index contributed by atoms with van der Waals surface area (Å²) in [4.78, 5) is 4.99. The molecule has 0 amide bonds. The Morgan fingerprint density at radius 1 is 1.14 bits per heavy atom. The van der Waals surface area contributed by atoms with E-state index < -0.39 is 9.84 Å². The molecule has 0 N–H and O–H groups in total. The number of benzene rings is 1. The average Bonchev–Trinajstić information content (AvgIpc) is 2.73. The quantitative estimate of drug-likeness (QED) is 0.776. The number of hydrogen-bond donors (Lipinski definition) is 0. The predicted octanol–water partition coefficient (Wildman–Crippen LogP) is 2.23. The molecule has 1 heterocycles.